The van der Waals surface area contributed by atoms with Crippen LogP contribution in [0.3, 0.4) is 0 Å². The maximum absolute atomic E-state index is 12.6. The Morgan fingerprint density at radius 2 is 1.83 bits per heavy atom. The minimum Gasteiger partial charge on any atom is -0.462 e. The fraction of sp³-hybridized carbons (Fsp3) is 0.400. The second-order valence-electron chi connectivity index (χ2n) is 8.54. The predicted molar refractivity (Wildman–Crippen MR) is 138 cm³/mol. The van der Waals surface area contributed by atoms with E-state index in [-0.39, 0.29) is 6.61 Å². The number of hydrogen-bond donors (Lipinski definition) is 2. The number of sulfonamides is 1. The van der Waals surface area contributed by atoms with E-state index in [0.717, 1.165) is 35.1 Å². The standard InChI is InChI=1S/C25H30N2O7S2/c1-4-33-24(29)21-18-11-8-12-19(18)35-23(21)26-20(28)15-34-25(30)22(16(2)3)27-36(31,32)14-13-17-9-6-5-7-10-17/h5-7,9-10,13-14,16,22,27H,4,8,11-12,15H2,1-3H3,(H,26,28)/t22-/m0/s1. The molecule has 1 aliphatic carbocycles. The molecule has 1 atom stereocenters. The van der Waals surface area contributed by atoms with Crippen LogP contribution < -0.4 is 10.0 Å². The molecule has 0 bridgehead atoms. The lowest BCUT2D eigenvalue weighted by atomic mass is 10.1. The van der Waals surface area contributed by atoms with Gasteiger partial charge >= 0.3 is 11.9 Å². The maximum atomic E-state index is 12.6. The third-order valence-electron chi connectivity index (χ3n) is 5.45. The maximum Gasteiger partial charge on any atom is 0.341 e. The molecule has 0 spiro atoms. The Morgan fingerprint density at radius 3 is 2.50 bits per heavy atom. The van der Waals surface area contributed by atoms with Crippen molar-refractivity contribution in [3.05, 3.63) is 57.3 Å². The van der Waals surface area contributed by atoms with Crippen LogP contribution in [0.15, 0.2) is 35.7 Å². The number of hydrogen-bond acceptors (Lipinski definition) is 8. The Balaban J connectivity index is 1.62. The fourth-order valence-electron chi connectivity index (χ4n) is 3.71. The average molecular weight is 535 g/mol. The largest absolute Gasteiger partial charge is 0.462 e. The van der Waals surface area contributed by atoms with E-state index in [1.807, 2.05) is 6.07 Å². The van der Waals surface area contributed by atoms with Crippen molar-refractivity contribution in [2.75, 3.05) is 18.5 Å². The first kappa shape index (κ1) is 27.6. The van der Waals surface area contributed by atoms with E-state index < -0.39 is 46.4 Å². The minimum absolute atomic E-state index is 0.210. The van der Waals surface area contributed by atoms with Gasteiger partial charge in [0.2, 0.25) is 10.0 Å². The quantitative estimate of drug-likeness (QED) is 0.422. The Labute approximate surface area is 214 Å². The van der Waals surface area contributed by atoms with Crippen LogP contribution in [-0.4, -0.2) is 45.5 Å². The molecule has 9 nitrogen and oxygen atoms in total. The second kappa shape index (κ2) is 12.3. The number of nitrogens with one attached hydrogen (secondary N) is 2. The molecule has 0 saturated carbocycles. The molecule has 1 aliphatic rings. The number of carbonyl (C=O) groups excluding carboxylic acids is 3. The number of ether oxygens (including phenoxy) is 2. The number of amides is 1. The van der Waals surface area contributed by atoms with Gasteiger partial charge in [0.15, 0.2) is 6.61 Å². The first-order valence-corrected chi connectivity index (χ1v) is 14.0. The predicted octanol–water partition coefficient (Wildman–Crippen LogP) is 3.51. The van der Waals surface area contributed by atoms with Gasteiger partial charge in [0.1, 0.15) is 11.0 Å². The SMILES string of the molecule is CCOC(=O)c1c(NC(=O)COC(=O)[C@@H](NS(=O)(=O)C=Cc2ccccc2)C(C)C)sc2c1CCC2. The third-order valence-corrected chi connectivity index (χ3v) is 7.73. The highest BCUT2D eigenvalue weighted by atomic mass is 32.2. The van der Waals surface area contributed by atoms with Crippen molar-refractivity contribution in [3.63, 3.8) is 0 Å². The molecular weight excluding hydrogens is 504 g/mol. The number of carbonyl (C=O) groups is 3. The van der Waals surface area contributed by atoms with Gasteiger partial charge in [-0.15, -0.1) is 11.3 Å². The molecule has 0 fully saturated rings. The lowest BCUT2D eigenvalue weighted by Gasteiger charge is -2.19. The van der Waals surface area contributed by atoms with Gasteiger partial charge in [0.05, 0.1) is 12.2 Å². The summed E-state index contributed by atoms with van der Waals surface area (Å²) in [5, 5.41) is 3.99. The van der Waals surface area contributed by atoms with Crippen LogP contribution in [0, 0.1) is 5.92 Å². The van der Waals surface area contributed by atoms with Gasteiger partial charge in [-0.1, -0.05) is 44.2 Å². The van der Waals surface area contributed by atoms with Crippen LogP contribution in [0.5, 0.6) is 0 Å². The normalized spacial score (nSPS) is 14.0. The zero-order chi connectivity index (χ0) is 26.3. The van der Waals surface area contributed by atoms with E-state index in [2.05, 4.69) is 10.0 Å². The summed E-state index contributed by atoms with van der Waals surface area (Å²) in [6.45, 7) is 4.61. The van der Waals surface area contributed by atoms with Gasteiger partial charge in [-0.3, -0.25) is 9.59 Å². The molecule has 0 radical (unpaired) electrons. The number of fused-ring (bicyclic) bond motifs is 1. The van der Waals surface area contributed by atoms with Gasteiger partial charge in [-0.05, 0) is 49.3 Å². The summed E-state index contributed by atoms with van der Waals surface area (Å²) >= 11 is 1.32. The van der Waals surface area contributed by atoms with E-state index in [0.29, 0.717) is 16.1 Å². The van der Waals surface area contributed by atoms with Crippen LogP contribution in [0.1, 0.15) is 53.6 Å². The Kier molecular flexibility index (Phi) is 9.41. The van der Waals surface area contributed by atoms with Crippen molar-refractivity contribution in [3.8, 4) is 0 Å². The van der Waals surface area contributed by atoms with Crippen molar-refractivity contribution >= 4 is 50.3 Å². The highest BCUT2D eigenvalue weighted by Crippen LogP contribution is 2.39. The number of benzene rings is 1. The van der Waals surface area contributed by atoms with Crippen LogP contribution in [-0.2, 0) is 41.9 Å². The van der Waals surface area contributed by atoms with Crippen molar-refractivity contribution in [1.82, 2.24) is 4.72 Å². The monoisotopic (exact) mass is 534 g/mol. The molecule has 1 heterocycles. The summed E-state index contributed by atoms with van der Waals surface area (Å²) in [4.78, 5) is 38.7. The molecule has 0 aliphatic heterocycles. The number of aryl methyl sites for hydroxylation is 1. The lowest BCUT2D eigenvalue weighted by Crippen LogP contribution is -2.45. The van der Waals surface area contributed by atoms with Gasteiger partial charge in [0.25, 0.3) is 5.91 Å². The highest BCUT2D eigenvalue weighted by Gasteiger charge is 2.30. The molecule has 36 heavy (non-hydrogen) atoms. The Bertz CT molecular complexity index is 1230. The minimum atomic E-state index is -3.96. The van der Waals surface area contributed by atoms with Crippen molar-refractivity contribution < 1.29 is 32.3 Å². The van der Waals surface area contributed by atoms with Crippen molar-refractivity contribution in [1.29, 1.82) is 0 Å². The summed E-state index contributed by atoms with van der Waals surface area (Å²) in [7, 11) is -3.96. The van der Waals surface area contributed by atoms with Crippen molar-refractivity contribution in [2.24, 2.45) is 5.92 Å². The van der Waals surface area contributed by atoms with Crippen LogP contribution in [0.2, 0.25) is 0 Å². The summed E-state index contributed by atoms with van der Waals surface area (Å²) in [5.41, 5.74) is 1.93. The summed E-state index contributed by atoms with van der Waals surface area (Å²) in [6.07, 6.45) is 3.91. The molecule has 0 saturated heterocycles. The van der Waals surface area contributed by atoms with E-state index in [1.165, 1.54) is 17.4 Å². The molecular formula is C25H30N2O7S2. The first-order valence-electron chi connectivity index (χ1n) is 11.6. The van der Waals surface area contributed by atoms with Gasteiger partial charge in [-0.25, -0.2) is 13.2 Å². The molecule has 1 aromatic heterocycles. The molecule has 3 rings (SSSR count). The lowest BCUT2D eigenvalue weighted by molar-refractivity contribution is -0.150. The van der Waals surface area contributed by atoms with E-state index >= 15 is 0 Å². The van der Waals surface area contributed by atoms with Crippen LogP contribution in [0.25, 0.3) is 6.08 Å². The van der Waals surface area contributed by atoms with Gasteiger partial charge in [-0.2, -0.15) is 4.72 Å². The smallest absolute Gasteiger partial charge is 0.341 e. The van der Waals surface area contributed by atoms with E-state index in [9.17, 15) is 22.8 Å². The van der Waals surface area contributed by atoms with Crippen LogP contribution >= 0.6 is 11.3 Å². The zero-order valence-electron chi connectivity index (χ0n) is 20.4. The summed E-state index contributed by atoms with van der Waals surface area (Å²) < 4.78 is 37.6. The Morgan fingerprint density at radius 1 is 1.11 bits per heavy atom. The third kappa shape index (κ3) is 7.25. The van der Waals surface area contributed by atoms with Crippen LogP contribution in [0.4, 0.5) is 5.00 Å². The van der Waals surface area contributed by atoms with Gasteiger partial charge < -0.3 is 14.8 Å². The summed E-state index contributed by atoms with van der Waals surface area (Å²) in [6, 6.07) is 7.66. The summed E-state index contributed by atoms with van der Waals surface area (Å²) in [5.74, 6) is -2.45. The molecule has 2 N–H and O–H groups in total. The molecule has 0 unspecified atom stereocenters. The first-order chi connectivity index (χ1) is 17.1. The molecule has 1 amide bonds. The fourth-order valence-corrected chi connectivity index (χ4v) is 6.14. The number of esters is 2. The second-order valence-corrected chi connectivity index (χ2v) is 11.2. The number of anilines is 1. The molecule has 2 aromatic rings. The number of thiophene rings is 1. The zero-order valence-corrected chi connectivity index (χ0v) is 22.0. The molecule has 194 valence electrons. The van der Waals surface area contributed by atoms with Crippen molar-refractivity contribution in [2.45, 2.75) is 46.1 Å². The molecule has 1 aromatic carbocycles. The molecule has 11 heteroatoms. The van der Waals surface area contributed by atoms with Gasteiger partial charge in [0, 0.05) is 10.3 Å². The van der Waals surface area contributed by atoms with E-state index in [4.69, 9.17) is 9.47 Å². The van der Waals surface area contributed by atoms with E-state index in [1.54, 1.807) is 45.0 Å². The average Bonchev–Trinajstić information content (AvgIpc) is 3.41. The Hall–Kier alpha value is -3.02. The number of rotatable bonds is 11. The highest BCUT2D eigenvalue weighted by molar-refractivity contribution is 7.92. The topological polar surface area (TPSA) is 128 Å².